The molecule has 0 aliphatic carbocycles. The van der Waals surface area contributed by atoms with Gasteiger partial charge in [0, 0.05) is 44.9 Å². The largest absolute Gasteiger partial charge is 0.449 e. The van der Waals surface area contributed by atoms with E-state index in [1.165, 1.54) is 12.4 Å². The van der Waals surface area contributed by atoms with Gasteiger partial charge in [-0.2, -0.15) is 0 Å². The molecule has 2 amide bonds. The smallest absolute Gasteiger partial charge is 0.409 e. The Morgan fingerprint density at radius 3 is 2.48 bits per heavy atom. The van der Waals surface area contributed by atoms with Crippen molar-refractivity contribution in [3.63, 3.8) is 0 Å². The Morgan fingerprint density at radius 1 is 1.23 bits per heavy atom. The summed E-state index contributed by atoms with van der Waals surface area (Å²) in [6.45, 7) is 5.63. The minimum absolute atomic E-state index is 0.172. The first kappa shape index (κ1) is 22.5. The Morgan fingerprint density at radius 2 is 1.90 bits per heavy atom. The number of rotatable bonds is 6. The number of hydrogen-bond acceptors (Lipinski definition) is 8. The molecule has 166 valence electrons. The third-order valence-corrected chi connectivity index (χ3v) is 5.76. The fourth-order valence-corrected chi connectivity index (χ4v) is 3.80. The number of carbonyl (C=O) groups excluding carboxylic acids is 2. The van der Waals surface area contributed by atoms with Gasteiger partial charge in [-0.1, -0.05) is 13.8 Å². The zero-order valence-corrected chi connectivity index (χ0v) is 18.4. The molecule has 31 heavy (non-hydrogen) atoms. The van der Waals surface area contributed by atoms with Crippen LogP contribution in [0.3, 0.4) is 0 Å². The molecule has 0 spiro atoms. The summed E-state index contributed by atoms with van der Waals surface area (Å²) < 4.78 is 6.88. The number of nitrogens with zero attached hydrogens (tertiary/aromatic N) is 6. The van der Waals surface area contributed by atoms with E-state index in [0.717, 1.165) is 11.8 Å². The van der Waals surface area contributed by atoms with E-state index in [-0.39, 0.29) is 29.2 Å². The summed E-state index contributed by atoms with van der Waals surface area (Å²) >= 11 is 1.11. The van der Waals surface area contributed by atoms with Crippen LogP contribution in [0.4, 0.5) is 10.5 Å². The van der Waals surface area contributed by atoms with Crippen molar-refractivity contribution in [3.05, 3.63) is 40.2 Å². The number of aromatic nitrogens is 3. The van der Waals surface area contributed by atoms with Crippen LogP contribution in [0.25, 0.3) is 0 Å². The van der Waals surface area contributed by atoms with Crippen LogP contribution in [0.5, 0.6) is 0 Å². The van der Waals surface area contributed by atoms with E-state index in [9.17, 15) is 19.7 Å². The van der Waals surface area contributed by atoms with Crippen LogP contribution in [0.2, 0.25) is 0 Å². The van der Waals surface area contributed by atoms with E-state index < -0.39 is 4.92 Å². The minimum Gasteiger partial charge on any atom is -0.449 e. The summed E-state index contributed by atoms with van der Waals surface area (Å²) in [7, 11) is 1.74. The molecule has 12 heteroatoms. The minimum atomic E-state index is -0.516. The normalized spacial score (nSPS) is 14.1. The summed E-state index contributed by atoms with van der Waals surface area (Å²) in [6, 6.07) is 4.39. The zero-order valence-electron chi connectivity index (χ0n) is 17.6. The molecule has 11 nitrogen and oxygen atoms in total. The molecular weight excluding hydrogens is 424 g/mol. The number of ether oxygens (including phenoxy) is 1. The molecule has 0 N–H and O–H groups in total. The highest BCUT2D eigenvalue weighted by atomic mass is 32.2. The van der Waals surface area contributed by atoms with Crippen molar-refractivity contribution in [2.24, 2.45) is 13.0 Å². The monoisotopic (exact) mass is 448 g/mol. The Hall–Kier alpha value is -3.15. The van der Waals surface area contributed by atoms with E-state index in [4.69, 9.17) is 4.74 Å². The SMILES string of the molecule is CC(C)COC(=O)N1CCN(C(=O)c2ccc(Sc3nncn3C)c([N+](=O)[O-])c2)CC1. The summed E-state index contributed by atoms with van der Waals surface area (Å²) in [4.78, 5) is 39.5. The molecule has 1 aromatic heterocycles. The Kier molecular flexibility index (Phi) is 7.10. The molecule has 1 aromatic carbocycles. The van der Waals surface area contributed by atoms with Crippen LogP contribution in [0.15, 0.2) is 34.6 Å². The zero-order chi connectivity index (χ0) is 22.5. The predicted octanol–water partition coefficient (Wildman–Crippen LogP) is 2.42. The number of nitro benzene ring substituents is 1. The number of aryl methyl sites for hydroxylation is 1. The Labute approximate surface area is 183 Å². The molecule has 2 heterocycles. The predicted molar refractivity (Wildman–Crippen MR) is 112 cm³/mol. The van der Waals surface area contributed by atoms with Gasteiger partial charge in [-0.3, -0.25) is 14.9 Å². The van der Waals surface area contributed by atoms with Gasteiger partial charge >= 0.3 is 6.09 Å². The van der Waals surface area contributed by atoms with E-state index in [1.54, 1.807) is 33.5 Å². The van der Waals surface area contributed by atoms with Crippen molar-refractivity contribution in [1.29, 1.82) is 0 Å². The Balaban J connectivity index is 1.67. The molecule has 1 saturated heterocycles. The molecular formula is C19H24N6O5S. The van der Waals surface area contributed by atoms with Gasteiger partial charge < -0.3 is 19.1 Å². The van der Waals surface area contributed by atoms with Gasteiger partial charge in [0.1, 0.15) is 6.33 Å². The fourth-order valence-electron chi connectivity index (χ4n) is 2.95. The maximum absolute atomic E-state index is 12.9. The lowest BCUT2D eigenvalue weighted by Crippen LogP contribution is -2.50. The van der Waals surface area contributed by atoms with Crippen molar-refractivity contribution >= 4 is 29.4 Å². The maximum Gasteiger partial charge on any atom is 0.409 e. The van der Waals surface area contributed by atoms with Crippen LogP contribution in [0, 0.1) is 16.0 Å². The average molecular weight is 449 g/mol. The van der Waals surface area contributed by atoms with Gasteiger partial charge in [-0.05, 0) is 29.8 Å². The lowest BCUT2D eigenvalue weighted by molar-refractivity contribution is -0.387. The van der Waals surface area contributed by atoms with Crippen LogP contribution < -0.4 is 0 Å². The summed E-state index contributed by atoms with van der Waals surface area (Å²) in [5.74, 6) is -0.0640. The first-order valence-corrected chi connectivity index (χ1v) is 10.6. The van der Waals surface area contributed by atoms with Crippen molar-refractivity contribution in [2.75, 3.05) is 32.8 Å². The van der Waals surface area contributed by atoms with E-state index >= 15 is 0 Å². The number of amides is 2. The summed E-state index contributed by atoms with van der Waals surface area (Å²) in [5, 5.41) is 19.8. The third-order valence-electron chi connectivity index (χ3n) is 4.64. The first-order chi connectivity index (χ1) is 14.8. The standard InChI is InChI=1S/C19H24N6O5S/c1-13(2)11-30-19(27)24-8-6-23(7-9-24)17(26)14-4-5-16(15(10-14)25(28)29)31-18-21-20-12-22(18)3/h4-5,10,12-13H,6-9,11H2,1-3H3. The quantitative estimate of drug-likeness (QED) is 0.487. The highest BCUT2D eigenvalue weighted by Gasteiger charge is 2.27. The number of nitro groups is 1. The molecule has 1 aliphatic heterocycles. The van der Waals surface area contributed by atoms with Gasteiger partial charge in [0.05, 0.1) is 16.4 Å². The van der Waals surface area contributed by atoms with Gasteiger partial charge in [0.2, 0.25) is 0 Å². The lowest BCUT2D eigenvalue weighted by Gasteiger charge is -2.34. The molecule has 1 fully saturated rings. The highest BCUT2D eigenvalue weighted by Crippen LogP contribution is 2.34. The topological polar surface area (TPSA) is 124 Å². The van der Waals surface area contributed by atoms with E-state index in [2.05, 4.69) is 10.2 Å². The second-order valence-electron chi connectivity index (χ2n) is 7.52. The van der Waals surface area contributed by atoms with Crippen molar-refractivity contribution in [3.8, 4) is 0 Å². The van der Waals surface area contributed by atoms with E-state index in [0.29, 0.717) is 42.8 Å². The third kappa shape index (κ3) is 5.51. The second kappa shape index (κ2) is 9.77. The molecule has 0 unspecified atom stereocenters. The number of hydrogen-bond donors (Lipinski definition) is 0. The van der Waals surface area contributed by atoms with Gasteiger partial charge in [0.15, 0.2) is 5.16 Å². The number of piperazine rings is 1. The van der Waals surface area contributed by atoms with Crippen LogP contribution in [-0.4, -0.2) is 74.3 Å². The Bertz CT molecular complexity index is 970. The molecule has 2 aromatic rings. The summed E-state index contributed by atoms with van der Waals surface area (Å²) in [6.07, 6.45) is 1.12. The van der Waals surface area contributed by atoms with Crippen LogP contribution in [-0.2, 0) is 11.8 Å². The van der Waals surface area contributed by atoms with Crippen molar-refractivity contribution in [1.82, 2.24) is 24.6 Å². The van der Waals surface area contributed by atoms with Gasteiger partial charge in [-0.25, -0.2) is 4.79 Å². The number of benzene rings is 1. The first-order valence-electron chi connectivity index (χ1n) is 9.77. The molecule has 3 rings (SSSR count). The number of carbonyl (C=O) groups is 2. The summed E-state index contributed by atoms with van der Waals surface area (Å²) in [5.41, 5.74) is 0.0552. The molecule has 1 aliphatic rings. The van der Waals surface area contributed by atoms with Crippen LogP contribution in [0.1, 0.15) is 24.2 Å². The van der Waals surface area contributed by atoms with Crippen molar-refractivity contribution < 1.29 is 19.2 Å². The highest BCUT2D eigenvalue weighted by molar-refractivity contribution is 7.99. The average Bonchev–Trinajstić information content (AvgIpc) is 3.16. The fraction of sp³-hybridized carbons (Fsp3) is 0.474. The molecule has 0 saturated carbocycles. The molecule has 0 radical (unpaired) electrons. The van der Waals surface area contributed by atoms with Gasteiger partial charge in [-0.15, -0.1) is 10.2 Å². The molecule has 0 bridgehead atoms. The van der Waals surface area contributed by atoms with Gasteiger partial charge in [0.25, 0.3) is 11.6 Å². The van der Waals surface area contributed by atoms with Crippen molar-refractivity contribution in [2.45, 2.75) is 23.9 Å². The maximum atomic E-state index is 12.9. The second-order valence-corrected chi connectivity index (χ2v) is 8.53. The lowest BCUT2D eigenvalue weighted by atomic mass is 10.1. The van der Waals surface area contributed by atoms with Crippen LogP contribution >= 0.6 is 11.8 Å². The molecule has 0 atom stereocenters. The van der Waals surface area contributed by atoms with E-state index in [1.807, 2.05) is 13.8 Å².